The van der Waals surface area contributed by atoms with Crippen molar-refractivity contribution in [2.45, 2.75) is 31.8 Å². The van der Waals surface area contributed by atoms with Gasteiger partial charge < -0.3 is 5.11 Å². The van der Waals surface area contributed by atoms with Gasteiger partial charge in [-0.15, -0.1) is 0 Å². The Hall–Kier alpha value is -2.72. The van der Waals surface area contributed by atoms with E-state index < -0.39 is 12.0 Å². The van der Waals surface area contributed by atoms with Crippen LogP contribution in [-0.2, 0) is 4.79 Å². The molecule has 0 radical (unpaired) electrons. The van der Waals surface area contributed by atoms with E-state index in [1.807, 2.05) is 43.5 Å². The quantitative estimate of drug-likeness (QED) is 0.770. The maximum atomic E-state index is 11.8. The molecule has 1 fully saturated rings. The molecule has 2 unspecified atom stereocenters. The molecule has 0 spiro atoms. The van der Waals surface area contributed by atoms with Crippen LogP contribution in [0.2, 0.25) is 0 Å². The molecule has 132 valence electrons. The molecule has 3 aromatic rings. The van der Waals surface area contributed by atoms with Crippen LogP contribution in [-0.4, -0.2) is 33.5 Å². The standard InChI is InChI=1S/C22H22N2O2/c1-15-11-12-19(23-14-15)21(24-13-5-10-20(24)22(25)26)18-9-4-7-16-6-2-3-8-17(16)18/h2-4,6-9,11-12,14,20-21H,5,10,13H2,1H3,(H,25,26). The monoisotopic (exact) mass is 346 g/mol. The molecular formula is C22H22N2O2. The van der Waals surface area contributed by atoms with Crippen LogP contribution in [0.5, 0.6) is 0 Å². The van der Waals surface area contributed by atoms with Crippen molar-refractivity contribution in [2.24, 2.45) is 0 Å². The summed E-state index contributed by atoms with van der Waals surface area (Å²) >= 11 is 0. The molecule has 2 heterocycles. The minimum absolute atomic E-state index is 0.162. The molecule has 1 aliphatic heterocycles. The van der Waals surface area contributed by atoms with Crippen molar-refractivity contribution < 1.29 is 9.90 Å². The number of nitrogens with zero attached hydrogens (tertiary/aromatic N) is 2. The fourth-order valence-corrected chi connectivity index (χ4v) is 4.00. The number of likely N-dealkylation sites (tertiary alicyclic amines) is 1. The Morgan fingerprint density at radius 1 is 1.15 bits per heavy atom. The summed E-state index contributed by atoms with van der Waals surface area (Å²) in [5.74, 6) is -0.750. The van der Waals surface area contributed by atoms with Gasteiger partial charge in [-0.2, -0.15) is 0 Å². The summed E-state index contributed by atoms with van der Waals surface area (Å²) in [5, 5.41) is 12.0. The Bertz CT molecular complexity index is 931. The van der Waals surface area contributed by atoms with Crippen LogP contribution in [0.1, 0.15) is 35.7 Å². The maximum Gasteiger partial charge on any atom is 0.320 e. The fraction of sp³-hybridized carbons (Fsp3) is 0.273. The van der Waals surface area contributed by atoms with Gasteiger partial charge >= 0.3 is 5.97 Å². The molecule has 1 saturated heterocycles. The zero-order valence-electron chi connectivity index (χ0n) is 14.8. The lowest BCUT2D eigenvalue weighted by Crippen LogP contribution is -2.39. The highest BCUT2D eigenvalue weighted by Crippen LogP contribution is 2.37. The molecule has 4 heteroatoms. The zero-order valence-corrected chi connectivity index (χ0v) is 14.8. The lowest BCUT2D eigenvalue weighted by Gasteiger charge is -2.32. The third-order valence-corrected chi connectivity index (χ3v) is 5.24. The van der Waals surface area contributed by atoms with E-state index in [9.17, 15) is 9.90 Å². The van der Waals surface area contributed by atoms with E-state index in [4.69, 9.17) is 0 Å². The number of aryl methyl sites for hydroxylation is 1. The molecule has 4 nitrogen and oxygen atoms in total. The summed E-state index contributed by atoms with van der Waals surface area (Å²) in [5.41, 5.74) is 3.12. The van der Waals surface area contributed by atoms with Crippen molar-refractivity contribution in [3.63, 3.8) is 0 Å². The van der Waals surface area contributed by atoms with Gasteiger partial charge in [-0.1, -0.05) is 48.5 Å². The number of aliphatic carboxylic acids is 1. The Kier molecular flexibility index (Phi) is 4.43. The molecule has 26 heavy (non-hydrogen) atoms. The van der Waals surface area contributed by atoms with Gasteiger partial charge in [0.15, 0.2) is 0 Å². The summed E-state index contributed by atoms with van der Waals surface area (Å²) < 4.78 is 0. The number of benzene rings is 2. The highest BCUT2D eigenvalue weighted by atomic mass is 16.4. The second kappa shape index (κ2) is 6.89. The number of carbonyl (C=O) groups is 1. The number of carboxylic acid groups (broad SMARTS) is 1. The van der Waals surface area contributed by atoms with Crippen LogP contribution < -0.4 is 0 Å². The molecule has 0 saturated carbocycles. The number of rotatable bonds is 4. The van der Waals surface area contributed by atoms with Gasteiger partial charge in [0.1, 0.15) is 6.04 Å². The van der Waals surface area contributed by atoms with Crippen molar-refractivity contribution in [1.29, 1.82) is 0 Å². The number of carboxylic acids is 1. The van der Waals surface area contributed by atoms with Crippen LogP contribution in [0.25, 0.3) is 10.8 Å². The van der Waals surface area contributed by atoms with Crippen LogP contribution in [0.3, 0.4) is 0 Å². The Morgan fingerprint density at radius 3 is 2.73 bits per heavy atom. The molecule has 0 bridgehead atoms. The highest BCUT2D eigenvalue weighted by molar-refractivity contribution is 5.86. The summed E-state index contributed by atoms with van der Waals surface area (Å²) in [6, 6.07) is 18.0. The third-order valence-electron chi connectivity index (χ3n) is 5.24. The SMILES string of the molecule is Cc1ccc(C(c2cccc3ccccc23)N2CCCC2C(=O)O)nc1. The predicted molar refractivity (Wildman–Crippen MR) is 102 cm³/mol. The highest BCUT2D eigenvalue weighted by Gasteiger charge is 2.37. The summed E-state index contributed by atoms with van der Waals surface area (Å²) in [7, 11) is 0. The average Bonchev–Trinajstić information content (AvgIpc) is 3.13. The Labute approximate surface area is 153 Å². The molecular weight excluding hydrogens is 324 g/mol. The van der Waals surface area contributed by atoms with Crippen molar-refractivity contribution in [3.8, 4) is 0 Å². The van der Waals surface area contributed by atoms with E-state index in [2.05, 4.69) is 34.1 Å². The molecule has 2 atom stereocenters. The summed E-state index contributed by atoms with van der Waals surface area (Å²) in [6.45, 7) is 2.78. The van der Waals surface area contributed by atoms with Gasteiger partial charge in [-0.25, -0.2) is 0 Å². The number of pyridine rings is 1. The molecule has 1 N–H and O–H groups in total. The number of hydrogen-bond donors (Lipinski definition) is 1. The van der Waals surface area contributed by atoms with Gasteiger partial charge in [0, 0.05) is 12.7 Å². The van der Waals surface area contributed by atoms with Crippen molar-refractivity contribution >= 4 is 16.7 Å². The average molecular weight is 346 g/mol. The van der Waals surface area contributed by atoms with Gasteiger partial charge in [-0.05, 0) is 47.7 Å². The third kappa shape index (κ3) is 2.97. The van der Waals surface area contributed by atoms with Gasteiger partial charge in [0.25, 0.3) is 0 Å². The van der Waals surface area contributed by atoms with E-state index in [-0.39, 0.29) is 6.04 Å². The lowest BCUT2D eigenvalue weighted by molar-refractivity contribution is -0.142. The second-order valence-corrected chi connectivity index (χ2v) is 6.97. The first-order valence-electron chi connectivity index (χ1n) is 9.04. The normalized spacial score (nSPS) is 18.9. The second-order valence-electron chi connectivity index (χ2n) is 6.97. The van der Waals surface area contributed by atoms with Crippen LogP contribution in [0, 0.1) is 6.92 Å². The van der Waals surface area contributed by atoms with E-state index in [1.165, 1.54) is 0 Å². The first kappa shape index (κ1) is 16.7. The molecule has 1 aliphatic rings. The van der Waals surface area contributed by atoms with Gasteiger partial charge in [-0.3, -0.25) is 14.7 Å². The minimum atomic E-state index is -0.750. The van der Waals surface area contributed by atoms with E-state index in [0.717, 1.165) is 40.6 Å². The predicted octanol–water partition coefficient (Wildman–Crippen LogP) is 4.18. The van der Waals surface area contributed by atoms with E-state index in [0.29, 0.717) is 6.42 Å². The first-order chi connectivity index (χ1) is 12.6. The van der Waals surface area contributed by atoms with Crippen molar-refractivity contribution in [1.82, 2.24) is 9.88 Å². The van der Waals surface area contributed by atoms with Crippen molar-refractivity contribution in [2.75, 3.05) is 6.54 Å². The minimum Gasteiger partial charge on any atom is -0.480 e. The topological polar surface area (TPSA) is 53.4 Å². The summed E-state index contributed by atoms with van der Waals surface area (Å²) in [6.07, 6.45) is 3.44. The fourth-order valence-electron chi connectivity index (χ4n) is 4.00. The molecule has 1 aromatic heterocycles. The zero-order chi connectivity index (χ0) is 18.1. The molecule has 4 rings (SSSR count). The molecule has 2 aromatic carbocycles. The molecule has 0 amide bonds. The first-order valence-corrected chi connectivity index (χ1v) is 9.04. The summed E-state index contributed by atoms with van der Waals surface area (Å²) in [4.78, 5) is 18.6. The Balaban J connectivity index is 1.90. The molecule has 0 aliphatic carbocycles. The van der Waals surface area contributed by atoms with Crippen molar-refractivity contribution in [3.05, 3.63) is 77.6 Å². The smallest absolute Gasteiger partial charge is 0.320 e. The number of fused-ring (bicyclic) bond motifs is 1. The number of hydrogen-bond acceptors (Lipinski definition) is 3. The maximum absolute atomic E-state index is 11.8. The largest absolute Gasteiger partial charge is 0.480 e. The van der Waals surface area contributed by atoms with Gasteiger partial charge in [0.2, 0.25) is 0 Å². The van der Waals surface area contributed by atoms with E-state index >= 15 is 0 Å². The van der Waals surface area contributed by atoms with Gasteiger partial charge in [0.05, 0.1) is 11.7 Å². The number of aromatic nitrogens is 1. The van der Waals surface area contributed by atoms with Crippen LogP contribution >= 0.6 is 0 Å². The van der Waals surface area contributed by atoms with Crippen LogP contribution in [0.4, 0.5) is 0 Å². The lowest BCUT2D eigenvalue weighted by atomic mass is 9.94. The van der Waals surface area contributed by atoms with E-state index in [1.54, 1.807) is 0 Å². The Morgan fingerprint density at radius 2 is 1.96 bits per heavy atom. The van der Waals surface area contributed by atoms with Crippen LogP contribution in [0.15, 0.2) is 60.8 Å².